The Morgan fingerprint density at radius 1 is 1.55 bits per heavy atom. The van der Waals surface area contributed by atoms with Crippen molar-refractivity contribution in [1.29, 1.82) is 0 Å². The van der Waals surface area contributed by atoms with Crippen molar-refractivity contribution in [2.75, 3.05) is 13.2 Å². The van der Waals surface area contributed by atoms with Crippen LogP contribution in [0.15, 0.2) is 24.3 Å². The molecule has 0 spiro atoms. The third kappa shape index (κ3) is 4.39. The van der Waals surface area contributed by atoms with Gasteiger partial charge in [0.1, 0.15) is 5.75 Å². The van der Waals surface area contributed by atoms with E-state index in [-0.39, 0.29) is 30.4 Å². The highest BCUT2D eigenvalue weighted by atomic mass is 35.5. The van der Waals surface area contributed by atoms with Crippen LogP contribution in [0.4, 0.5) is 0 Å². The van der Waals surface area contributed by atoms with Crippen LogP contribution in [0.2, 0.25) is 0 Å². The molecule has 1 amide bonds. The molecule has 0 bridgehead atoms. The fraction of sp³-hybridized carbons (Fsp3) is 0.533. The molecule has 2 N–H and O–H groups in total. The van der Waals surface area contributed by atoms with Crippen molar-refractivity contribution in [3.63, 3.8) is 0 Å². The molecule has 5 heteroatoms. The Bertz CT molecular complexity index is 434. The fourth-order valence-electron chi connectivity index (χ4n) is 2.35. The van der Waals surface area contributed by atoms with Crippen LogP contribution in [0.5, 0.6) is 5.75 Å². The number of benzene rings is 1. The van der Waals surface area contributed by atoms with Crippen molar-refractivity contribution in [1.82, 2.24) is 10.6 Å². The highest BCUT2D eigenvalue weighted by molar-refractivity contribution is 5.85. The van der Waals surface area contributed by atoms with Gasteiger partial charge in [0.2, 0.25) is 5.91 Å². The highest BCUT2D eigenvalue weighted by Crippen LogP contribution is 2.19. The zero-order chi connectivity index (χ0) is 13.7. The van der Waals surface area contributed by atoms with E-state index in [1.807, 2.05) is 38.1 Å². The molecule has 1 aromatic rings. The summed E-state index contributed by atoms with van der Waals surface area (Å²) in [4.78, 5) is 12.0. The van der Waals surface area contributed by atoms with Crippen LogP contribution >= 0.6 is 12.4 Å². The summed E-state index contributed by atoms with van der Waals surface area (Å²) < 4.78 is 5.48. The molecule has 112 valence electrons. The smallest absolute Gasteiger partial charge is 0.237 e. The number of nitrogens with one attached hydrogen (secondary N) is 2. The highest BCUT2D eigenvalue weighted by Gasteiger charge is 2.23. The van der Waals surface area contributed by atoms with E-state index in [4.69, 9.17) is 4.74 Å². The van der Waals surface area contributed by atoms with Gasteiger partial charge in [-0.05, 0) is 50.9 Å². The molecular weight excluding hydrogens is 276 g/mol. The molecule has 0 aliphatic carbocycles. The Morgan fingerprint density at radius 2 is 2.35 bits per heavy atom. The van der Waals surface area contributed by atoms with Crippen LogP contribution in [-0.4, -0.2) is 25.1 Å². The van der Waals surface area contributed by atoms with Crippen LogP contribution in [0.3, 0.4) is 0 Å². The zero-order valence-electron chi connectivity index (χ0n) is 12.0. The first kappa shape index (κ1) is 16.8. The molecule has 2 rings (SSSR count). The Morgan fingerprint density at radius 3 is 3.00 bits per heavy atom. The lowest BCUT2D eigenvalue weighted by atomic mass is 10.1. The van der Waals surface area contributed by atoms with Gasteiger partial charge in [-0.1, -0.05) is 12.1 Å². The lowest BCUT2D eigenvalue weighted by Crippen LogP contribution is -2.41. The molecule has 0 radical (unpaired) electrons. The minimum Gasteiger partial charge on any atom is -0.494 e. The Kier molecular flexibility index (Phi) is 6.82. The van der Waals surface area contributed by atoms with E-state index in [1.54, 1.807) is 0 Å². The number of rotatable bonds is 5. The molecular formula is C15H23ClN2O2. The molecule has 0 aromatic heterocycles. The maximum atomic E-state index is 12.0. The number of hydrogen-bond donors (Lipinski definition) is 2. The lowest BCUT2D eigenvalue weighted by molar-refractivity contribution is -0.123. The number of amides is 1. The van der Waals surface area contributed by atoms with Crippen molar-refractivity contribution >= 4 is 18.3 Å². The van der Waals surface area contributed by atoms with Gasteiger partial charge in [0, 0.05) is 0 Å². The number of carbonyl (C=O) groups is 1. The predicted octanol–water partition coefficient (Wildman–Crippen LogP) is 2.44. The van der Waals surface area contributed by atoms with Gasteiger partial charge in [0.15, 0.2) is 0 Å². The van der Waals surface area contributed by atoms with Gasteiger partial charge >= 0.3 is 0 Å². The number of carbonyl (C=O) groups excluding carboxylic acids is 1. The van der Waals surface area contributed by atoms with Crippen molar-refractivity contribution in [2.24, 2.45) is 0 Å². The second kappa shape index (κ2) is 8.12. The topological polar surface area (TPSA) is 50.4 Å². The molecule has 4 nitrogen and oxygen atoms in total. The summed E-state index contributed by atoms with van der Waals surface area (Å²) in [6, 6.07) is 7.84. The van der Waals surface area contributed by atoms with Gasteiger partial charge in [-0.25, -0.2) is 0 Å². The third-order valence-electron chi connectivity index (χ3n) is 3.40. The minimum atomic E-state index is -0.0301. The molecule has 1 aliphatic heterocycles. The van der Waals surface area contributed by atoms with E-state index in [0.29, 0.717) is 6.61 Å². The van der Waals surface area contributed by atoms with E-state index in [1.165, 1.54) is 0 Å². The van der Waals surface area contributed by atoms with E-state index in [0.717, 1.165) is 30.7 Å². The van der Waals surface area contributed by atoms with E-state index in [2.05, 4.69) is 10.6 Å². The SMILES string of the molecule is CCOc1cccc(C(C)NC(=O)C2CCCN2)c1.Cl. The normalized spacial score (nSPS) is 19.0. The van der Waals surface area contributed by atoms with Crippen LogP contribution < -0.4 is 15.4 Å². The predicted molar refractivity (Wildman–Crippen MR) is 82.4 cm³/mol. The van der Waals surface area contributed by atoms with E-state index < -0.39 is 0 Å². The first-order valence-electron chi connectivity index (χ1n) is 6.97. The standard InChI is InChI=1S/C15H22N2O2.ClH/c1-3-19-13-7-4-6-12(10-13)11(2)17-15(18)14-8-5-9-16-14;/h4,6-7,10-11,14,16H,3,5,8-9H2,1-2H3,(H,17,18);1H. The fourth-order valence-corrected chi connectivity index (χ4v) is 2.35. The number of hydrogen-bond acceptors (Lipinski definition) is 3. The van der Waals surface area contributed by atoms with Crippen LogP contribution in [0, 0.1) is 0 Å². The Balaban J connectivity index is 0.00000200. The second-order valence-electron chi connectivity index (χ2n) is 4.88. The van der Waals surface area contributed by atoms with Crippen LogP contribution in [-0.2, 0) is 4.79 Å². The van der Waals surface area contributed by atoms with Crippen LogP contribution in [0.1, 0.15) is 38.3 Å². The van der Waals surface area contributed by atoms with Gasteiger partial charge in [-0.3, -0.25) is 4.79 Å². The molecule has 1 fully saturated rings. The monoisotopic (exact) mass is 298 g/mol. The molecule has 2 atom stereocenters. The van der Waals surface area contributed by atoms with Crippen molar-refractivity contribution < 1.29 is 9.53 Å². The summed E-state index contributed by atoms with van der Waals surface area (Å²) in [5.41, 5.74) is 1.07. The minimum absolute atomic E-state index is 0. The number of ether oxygens (including phenoxy) is 1. The third-order valence-corrected chi connectivity index (χ3v) is 3.40. The Labute approximate surface area is 126 Å². The molecule has 1 aliphatic rings. The summed E-state index contributed by atoms with van der Waals surface area (Å²) in [7, 11) is 0. The van der Waals surface area contributed by atoms with Crippen molar-refractivity contribution in [3.8, 4) is 5.75 Å². The molecule has 1 saturated heterocycles. The zero-order valence-corrected chi connectivity index (χ0v) is 12.8. The lowest BCUT2D eigenvalue weighted by Gasteiger charge is -2.18. The molecule has 20 heavy (non-hydrogen) atoms. The average Bonchev–Trinajstić information content (AvgIpc) is 2.93. The van der Waals surface area contributed by atoms with Gasteiger partial charge in [0.25, 0.3) is 0 Å². The quantitative estimate of drug-likeness (QED) is 0.878. The molecule has 1 aromatic carbocycles. The first-order chi connectivity index (χ1) is 9.20. The van der Waals surface area contributed by atoms with Crippen molar-refractivity contribution in [2.45, 2.75) is 38.8 Å². The van der Waals surface area contributed by atoms with E-state index >= 15 is 0 Å². The number of halogens is 1. The second-order valence-corrected chi connectivity index (χ2v) is 4.88. The van der Waals surface area contributed by atoms with Gasteiger partial charge in [-0.15, -0.1) is 12.4 Å². The summed E-state index contributed by atoms with van der Waals surface area (Å²) in [6.07, 6.45) is 2.00. The maximum absolute atomic E-state index is 12.0. The largest absolute Gasteiger partial charge is 0.494 e. The van der Waals surface area contributed by atoms with Gasteiger partial charge in [0.05, 0.1) is 18.7 Å². The van der Waals surface area contributed by atoms with Gasteiger partial charge in [-0.2, -0.15) is 0 Å². The summed E-state index contributed by atoms with van der Waals surface area (Å²) in [5, 5.41) is 6.26. The summed E-state index contributed by atoms with van der Waals surface area (Å²) in [6.45, 7) is 5.55. The molecule has 2 unspecified atom stereocenters. The Hall–Kier alpha value is -1.26. The summed E-state index contributed by atoms with van der Waals surface area (Å²) >= 11 is 0. The molecule has 0 saturated carbocycles. The molecule has 1 heterocycles. The van der Waals surface area contributed by atoms with E-state index in [9.17, 15) is 4.79 Å². The first-order valence-corrected chi connectivity index (χ1v) is 6.97. The average molecular weight is 299 g/mol. The van der Waals surface area contributed by atoms with Crippen molar-refractivity contribution in [3.05, 3.63) is 29.8 Å². The van der Waals surface area contributed by atoms with Gasteiger partial charge < -0.3 is 15.4 Å². The maximum Gasteiger partial charge on any atom is 0.237 e. The summed E-state index contributed by atoms with van der Waals surface area (Å²) in [5.74, 6) is 0.937. The van der Waals surface area contributed by atoms with Crippen LogP contribution in [0.25, 0.3) is 0 Å².